The normalized spacial score (nSPS) is 17.7. The Hall–Kier alpha value is -3.10. The van der Waals surface area contributed by atoms with Gasteiger partial charge in [-0.25, -0.2) is 9.59 Å². The maximum absolute atomic E-state index is 12.3. The lowest BCUT2D eigenvalue weighted by molar-refractivity contribution is -0.136. The number of piperazine rings is 1. The van der Waals surface area contributed by atoms with Crippen molar-refractivity contribution in [1.82, 2.24) is 15.1 Å². The molecular formula is C16H18N4O5. The third-order valence-corrected chi connectivity index (χ3v) is 4.32. The van der Waals surface area contributed by atoms with Crippen molar-refractivity contribution in [3.63, 3.8) is 0 Å². The van der Waals surface area contributed by atoms with Crippen molar-refractivity contribution in [2.24, 2.45) is 0 Å². The van der Waals surface area contributed by atoms with Crippen LogP contribution in [0.25, 0.3) is 0 Å². The number of urea groups is 1. The van der Waals surface area contributed by atoms with E-state index in [1.54, 1.807) is 17.0 Å². The number of rotatable bonds is 4. The van der Waals surface area contributed by atoms with Crippen molar-refractivity contribution >= 4 is 29.5 Å². The number of nitrogens with one attached hydrogen (secondary N) is 1. The molecule has 25 heavy (non-hydrogen) atoms. The molecule has 0 aromatic heterocycles. The molecule has 1 aromatic carbocycles. The number of carbonyl (C=O) groups is 4. The van der Waals surface area contributed by atoms with Gasteiger partial charge < -0.3 is 20.2 Å². The van der Waals surface area contributed by atoms with Gasteiger partial charge in [0.2, 0.25) is 5.91 Å². The first-order valence-corrected chi connectivity index (χ1v) is 7.90. The van der Waals surface area contributed by atoms with Crippen LogP contribution in [0.15, 0.2) is 24.3 Å². The predicted octanol–water partition coefficient (Wildman–Crippen LogP) is -0.415. The third kappa shape index (κ3) is 3.54. The number of carbonyl (C=O) groups excluding carboxylic acids is 3. The number of aromatic carboxylic acids is 1. The van der Waals surface area contributed by atoms with Crippen LogP contribution in [0.5, 0.6) is 0 Å². The lowest BCUT2D eigenvalue weighted by atomic mass is 10.1. The molecule has 1 aromatic rings. The summed E-state index contributed by atoms with van der Waals surface area (Å²) in [5.41, 5.74) is 1.01. The molecule has 0 atom stereocenters. The maximum atomic E-state index is 12.3. The standard InChI is InChI=1S/C16H18N4O5/c21-13-9-17-16(25)20(13)10-14(22)19-6-4-18(5-7-19)12-3-1-2-11(8-12)15(23)24/h1-3,8H,4-7,9-10H2,(H,17,25)(H,23,24). The minimum Gasteiger partial charge on any atom is -0.478 e. The second-order valence-electron chi connectivity index (χ2n) is 5.86. The van der Waals surface area contributed by atoms with Crippen LogP contribution in [0.2, 0.25) is 0 Å². The van der Waals surface area contributed by atoms with E-state index >= 15 is 0 Å². The SMILES string of the molecule is O=C(O)c1cccc(N2CCN(C(=O)CN3C(=O)CNC3=O)CC2)c1. The van der Waals surface area contributed by atoms with E-state index in [2.05, 4.69) is 5.32 Å². The van der Waals surface area contributed by atoms with Gasteiger partial charge in [-0.2, -0.15) is 0 Å². The number of amides is 4. The molecule has 3 rings (SSSR count). The summed E-state index contributed by atoms with van der Waals surface area (Å²) in [7, 11) is 0. The Morgan fingerprint density at radius 1 is 1.12 bits per heavy atom. The zero-order chi connectivity index (χ0) is 18.0. The van der Waals surface area contributed by atoms with Crippen molar-refractivity contribution in [3.8, 4) is 0 Å². The molecule has 132 valence electrons. The second kappa shape index (κ2) is 6.80. The molecule has 9 heteroatoms. The molecule has 2 aliphatic heterocycles. The number of anilines is 1. The zero-order valence-corrected chi connectivity index (χ0v) is 13.5. The van der Waals surface area contributed by atoms with Gasteiger partial charge in [0.15, 0.2) is 0 Å². The molecule has 0 aliphatic carbocycles. The summed E-state index contributed by atoms with van der Waals surface area (Å²) in [6.45, 7) is 1.67. The van der Waals surface area contributed by atoms with Crippen molar-refractivity contribution in [3.05, 3.63) is 29.8 Å². The van der Waals surface area contributed by atoms with Crippen LogP contribution in [0.4, 0.5) is 10.5 Å². The second-order valence-corrected chi connectivity index (χ2v) is 5.86. The molecule has 2 N–H and O–H groups in total. The molecule has 2 aliphatic rings. The Morgan fingerprint density at radius 3 is 2.44 bits per heavy atom. The minimum absolute atomic E-state index is 0.0696. The lowest BCUT2D eigenvalue weighted by Crippen LogP contribution is -2.52. The monoisotopic (exact) mass is 346 g/mol. The van der Waals surface area contributed by atoms with Gasteiger partial charge in [-0.15, -0.1) is 0 Å². The summed E-state index contributed by atoms with van der Waals surface area (Å²) in [5, 5.41) is 11.4. The first kappa shape index (κ1) is 16.7. The highest BCUT2D eigenvalue weighted by atomic mass is 16.4. The third-order valence-electron chi connectivity index (χ3n) is 4.32. The Kier molecular flexibility index (Phi) is 4.55. The smallest absolute Gasteiger partial charge is 0.335 e. The molecule has 2 heterocycles. The highest BCUT2D eigenvalue weighted by Crippen LogP contribution is 2.18. The van der Waals surface area contributed by atoms with E-state index in [0.29, 0.717) is 26.2 Å². The van der Waals surface area contributed by atoms with E-state index in [4.69, 9.17) is 5.11 Å². The fourth-order valence-corrected chi connectivity index (χ4v) is 2.90. The lowest BCUT2D eigenvalue weighted by Gasteiger charge is -2.36. The van der Waals surface area contributed by atoms with Gasteiger partial charge in [-0.05, 0) is 18.2 Å². The summed E-state index contributed by atoms with van der Waals surface area (Å²) >= 11 is 0. The molecule has 0 spiro atoms. The highest BCUT2D eigenvalue weighted by molar-refractivity contribution is 6.04. The fourth-order valence-electron chi connectivity index (χ4n) is 2.90. The summed E-state index contributed by atoms with van der Waals surface area (Å²) in [5.74, 6) is -1.66. The van der Waals surface area contributed by atoms with Gasteiger partial charge in [-0.1, -0.05) is 6.07 Å². The van der Waals surface area contributed by atoms with Crippen LogP contribution < -0.4 is 10.2 Å². The first-order chi connectivity index (χ1) is 12.0. The van der Waals surface area contributed by atoms with E-state index in [-0.39, 0.29) is 24.6 Å². The zero-order valence-electron chi connectivity index (χ0n) is 13.5. The molecule has 9 nitrogen and oxygen atoms in total. The van der Waals surface area contributed by atoms with Crippen LogP contribution in [0, 0.1) is 0 Å². The van der Waals surface area contributed by atoms with Crippen LogP contribution in [0.3, 0.4) is 0 Å². The van der Waals surface area contributed by atoms with Crippen molar-refractivity contribution < 1.29 is 24.3 Å². The predicted molar refractivity (Wildman–Crippen MR) is 87.3 cm³/mol. The first-order valence-electron chi connectivity index (χ1n) is 7.90. The average molecular weight is 346 g/mol. The summed E-state index contributed by atoms with van der Waals surface area (Å²) in [6, 6.07) is 6.12. The van der Waals surface area contributed by atoms with E-state index in [1.807, 2.05) is 11.0 Å². The van der Waals surface area contributed by atoms with Crippen molar-refractivity contribution in [2.75, 3.05) is 44.2 Å². The number of carboxylic acids is 1. The highest BCUT2D eigenvalue weighted by Gasteiger charge is 2.32. The number of hydrogen-bond acceptors (Lipinski definition) is 5. The number of carboxylic acid groups (broad SMARTS) is 1. The van der Waals surface area contributed by atoms with Crippen molar-refractivity contribution in [2.45, 2.75) is 0 Å². The molecule has 4 amide bonds. The van der Waals surface area contributed by atoms with E-state index in [9.17, 15) is 19.2 Å². The Morgan fingerprint density at radius 2 is 1.84 bits per heavy atom. The van der Waals surface area contributed by atoms with Gasteiger partial charge in [0.05, 0.1) is 12.1 Å². The number of nitrogens with zero attached hydrogens (tertiary/aromatic N) is 3. The number of hydrogen-bond donors (Lipinski definition) is 2. The molecule has 0 radical (unpaired) electrons. The number of imide groups is 1. The van der Waals surface area contributed by atoms with E-state index in [1.165, 1.54) is 6.07 Å². The van der Waals surface area contributed by atoms with Gasteiger partial charge >= 0.3 is 12.0 Å². The van der Waals surface area contributed by atoms with Gasteiger partial charge in [0.25, 0.3) is 5.91 Å². The van der Waals surface area contributed by atoms with Crippen molar-refractivity contribution in [1.29, 1.82) is 0 Å². The Balaban J connectivity index is 1.57. The molecule has 2 saturated heterocycles. The van der Waals surface area contributed by atoms with Gasteiger partial charge in [0.1, 0.15) is 6.54 Å². The molecule has 0 bridgehead atoms. The van der Waals surface area contributed by atoms with Gasteiger partial charge in [-0.3, -0.25) is 14.5 Å². The van der Waals surface area contributed by atoms with Gasteiger partial charge in [0, 0.05) is 31.9 Å². The quantitative estimate of drug-likeness (QED) is 0.717. The largest absolute Gasteiger partial charge is 0.478 e. The Labute approximate surface area is 143 Å². The van der Waals surface area contributed by atoms with Crippen LogP contribution in [-0.2, 0) is 9.59 Å². The number of benzene rings is 1. The van der Waals surface area contributed by atoms with Crippen LogP contribution in [-0.4, -0.2) is 78.0 Å². The molecule has 0 unspecified atom stereocenters. The topological polar surface area (TPSA) is 110 Å². The van der Waals surface area contributed by atoms with E-state index < -0.39 is 17.9 Å². The molecule has 0 saturated carbocycles. The Bertz CT molecular complexity index is 711. The van der Waals surface area contributed by atoms with Crippen LogP contribution >= 0.6 is 0 Å². The average Bonchev–Trinajstić information content (AvgIpc) is 2.94. The van der Waals surface area contributed by atoms with E-state index in [0.717, 1.165) is 10.6 Å². The van der Waals surface area contributed by atoms with Crippen LogP contribution in [0.1, 0.15) is 10.4 Å². The summed E-state index contributed by atoms with van der Waals surface area (Å²) in [4.78, 5) is 50.9. The maximum Gasteiger partial charge on any atom is 0.335 e. The minimum atomic E-state index is -0.982. The fraction of sp³-hybridized carbons (Fsp3) is 0.375. The summed E-state index contributed by atoms with van der Waals surface area (Å²) < 4.78 is 0. The molecule has 2 fully saturated rings. The molecular weight excluding hydrogens is 328 g/mol. The summed E-state index contributed by atoms with van der Waals surface area (Å²) in [6.07, 6.45) is 0.